The van der Waals surface area contributed by atoms with Gasteiger partial charge in [0.2, 0.25) is 0 Å². The molecule has 1 aromatic carbocycles. The number of benzene rings is 1. The van der Waals surface area contributed by atoms with E-state index in [4.69, 9.17) is 23.2 Å². The van der Waals surface area contributed by atoms with Crippen LogP contribution in [-0.2, 0) is 19.9 Å². The number of hydrogen-bond acceptors (Lipinski definition) is 4. The quantitative estimate of drug-likeness (QED) is 0.889. The Hall–Kier alpha value is -1.17. The van der Waals surface area contributed by atoms with Crippen LogP contribution >= 0.6 is 23.2 Å². The van der Waals surface area contributed by atoms with Crippen LogP contribution in [0, 0.1) is 0 Å². The molecule has 0 saturated heterocycles. The molecule has 1 aromatic heterocycles. The number of nitrogens with zero attached hydrogens (tertiary/aromatic N) is 4. The SMILES string of the molecule is CCNC(Cc1nnn(C)n1)Cc1ccc(Cl)cc1Cl. The third-order valence-electron chi connectivity index (χ3n) is 2.95. The molecule has 0 aliphatic carbocycles. The number of aromatic nitrogens is 4. The summed E-state index contributed by atoms with van der Waals surface area (Å²) in [4.78, 5) is 1.47. The van der Waals surface area contributed by atoms with Gasteiger partial charge in [0.15, 0.2) is 5.82 Å². The van der Waals surface area contributed by atoms with Crippen molar-refractivity contribution in [2.24, 2.45) is 7.05 Å². The van der Waals surface area contributed by atoms with Gasteiger partial charge in [-0.1, -0.05) is 36.2 Å². The van der Waals surface area contributed by atoms with Crippen LogP contribution in [-0.4, -0.2) is 32.8 Å². The average Bonchev–Trinajstić information content (AvgIpc) is 2.78. The van der Waals surface area contributed by atoms with Gasteiger partial charge in [0.1, 0.15) is 0 Å². The van der Waals surface area contributed by atoms with Crippen LogP contribution in [0.5, 0.6) is 0 Å². The van der Waals surface area contributed by atoms with Gasteiger partial charge in [-0.25, -0.2) is 0 Å². The molecule has 0 saturated carbocycles. The Kier molecular flexibility index (Phi) is 5.34. The lowest BCUT2D eigenvalue weighted by Gasteiger charge is -2.17. The van der Waals surface area contributed by atoms with E-state index < -0.39 is 0 Å². The summed E-state index contributed by atoms with van der Waals surface area (Å²) in [5, 5.41) is 16.8. The van der Waals surface area contributed by atoms with Crippen LogP contribution in [0.1, 0.15) is 18.3 Å². The van der Waals surface area contributed by atoms with Crippen LogP contribution in [0.3, 0.4) is 0 Å². The second-order valence-corrected chi connectivity index (χ2v) is 5.44. The Bertz CT molecular complexity index is 570. The summed E-state index contributed by atoms with van der Waals surface area (Å²) >= 11 is 12.1. The molecule has 1 unspecified atom stereocenters. The maximum Gasteiger partial charge on any atom is 0.176 e. The van der Waals surface area contributed by atoms with Crippen molar-refractivity contribution >= 4 is 23.2 Å². The summed E-state index contributed by atoms with van der Waals surface area (Å²) in [5.74, 6) is 0.725. The summed E-state index contributed by atoms with van der Waals surface area (Å²) in [6, 6.07) is 5.79. The number of likely N-dealkylation sites (N-methyl/N-ethyl adjacent to an activating group) is 1. The highest BCUT2D eigenvalue weighted by atomic mass is 35.5. The second-order valence-electron chi connectivity index (χ2n) is 4.59. The van der Waals surface area contributed by atoms with E-state index in [1.165, 1.54) is 4.80 Å². The summed E-state index contributed by atoms with van der Waals surface area (Å²) in [6.07, 6.45) is 1.50. The third kappa shape index (κ3) is 4.16. The average molecular weight is 314 g/mol. The minimum absolute atomic E-state index is 0.211. The molecule has 108 valence electrons. The zero-order valence-electron chi connectivity index (χ0n) is 11.5. The Balaban J connectivity index is 2.08. The molecule has 0 amide bonds. The smallest absolute Gasteiger partial charge is 0.176 e. The van der Waals surface area contributed by atoms with Gasteiger partial charge in [-0.05, 0) is 35.9 Å². The van der Waals surface area contributed by atoms with E-state index in [1.54, 1.807) is 13.1 Å². The number of tetrazole rings is 1. The minimum Gasteiger partial charge on any atom is -0.313 e. The molecule has 2 aromatic rings. The maximum atomic E-state index is 6.22. The molecule has 7 heteroatoms. The third-order valence-corrected chi connectivity index (χ3v) is 3.54. The molecule has 0 spiro atoms. The molecular weight excluding hydrogens is 297 g/mol. The van der Waals surface area contributed by atoms with E-state index in [0.29, 0.717) is 16.5 Å². The number of halogens is 2. The van der Waals surface area contributed by atoms with E-state index in [1.807, 2.05) is 12.1 Å². The Morgan fingerprint density at radius 1 is 1.30 bits per heavy atom. The lowest BCUT2D eigenvalue weighted by molar-refractivity contribution is 0.509. The van der Waals surface area contributed by atoms with E-state index in [9.17, 15) is 0 Å². The van der Waals surface area contributed by atoms with E-state index >= 15 is 0 Å². The molecule has 0 fully saturated rings. The summed E-state index contributed by atoms with van der Waals surface area (Å²) in [7, 11) is 1.76. The molecule has 0 aliphatic rings. The normalized spacial score (nSPS) is 12.6. The fourth-order valence-electron chi connectivity index (χ4n) is 2.08. The molecule has 20 heavy (non-hydrogen) atoms. The van der Waals surface area contributed by atoms with Crippen molar-refractivity contribution < 1.29 is 0 Å². The van der Waals surface area contributed by atoms with Gasteiger partial charge < -0.3 is 5.32 Å². The number of nitrogens with one attached hydrogen (secondary N) is 1. The predicted molar refractivity (Wildman–Crippen MR) is 80.1 cm³/mol. The van der Waals surface area contributed by atoms with Crippen molar-refractivity contribution in [3.05, 3.63) is 39.6 Å². The molecule has 1 atom stereocenters. The fraction of sp³-hybridized carbons (Fsp3) is 0.462. The Labute approximate surface area is 128 Å². The van der Waals surface area contributed by atoms with E-state index in [2.05, 4.69) is 27.7 Å². The van der Waals surface area contributed by atoms with Gasteiger partial charge in [-0.3, -0.25) is 0 Å². The molecule has 0 radical (unpaired) electrons. The lowest BCUT2D eigenvalue weighted by atomic mass is 10.0. The molecule has 0 aliphatic heterocycles. The summed E-state index contributed by atoms with van der Waals surface area (Å²) < 4.78 is 0. The van der Waals surface area contributed by atoms with Crippen LogP contribution in [0.4, 0.5) is 0 Å². The van der Waals surface area contributed by atoms with Crippen molar-refractivity contribution in [1.82, 2.24) is 25.5 Å². The van der Waals surface area contributed by atoms with Crippen LogP contribution in [0.2, 0.25) is 10.0 Å². The highest BCUT2D eigenvalue weighted by Crippen LogP contribution is 2.22. The van der Waals surface area contributed by atoms with Gasteiger partial charge in [0, 0.05) is 22.5 Å². The lowest BCUT2D eigenvalue weighted by Crippen LogP contribution is -2.33. The van der Waals surface area contributed by atoms with Gasteiger partial charge in [-0.15, -0.1) is 10.2 Å². The molecule has 0 bridgehead atoms. The first-order valence-corrected chi connectivity index (χ1v) is 7.24. The first kappa shape index (κ1) is 15.2. The summed E-state index contributed by atoms with van der Waals surface area (Å²) in [5.41, 5.74) is 1.06. The van der Waals surface area contributed by atoms with Crippen molar-refractivity contribution in [3.63, 3.8) is 0 Å². The second kappa shape index (κ2) is 7.02. The maximum absolute atomic E-state index is 6.22. The van der Waals surface area contributed by atoms with Crippen molar-refractivity contribution in [3.8, 4) is 0 Å². The first-order chi connectivity index (χ1) is 9.58. The van der Waals surface area contributed by atoms with Crippen molar-refractivity contribution in [2.75, 3.05) is 6.54 Å². The van der Waals surface area contributed by atoms with Crippen LogP contribution in [0.25, 0.3) is 0 Å². The standard InChI is InChI=1S/C13H17Cl2N5/c1-3-16-11(8-13-17-19-20(2)18-13)6-9-4-5-10(14)7-12(9)15/h4-5,7,11,16H,3,6,8H2,1-2H3. The molecule has 5 nitrogen and oxygen atoms in total. The molecular formula is C13H17Cl2N5. The number of aryl methyl sites for hydroxylation is 1. The van der Waals surface area contributed by atoms with Gasteiger partial charge in [-0.2, -0.15) is 4.80 Å². The monoisotopic (exact) mass is 313 g/mol. The highest BCUT2D eigenvalue weighted by Gasteiger charge is 2.14. The Morgan fingerprint density at radius 3 is 2.70 bits per heavy atom. The van der Waals surface area contributed by atoms with Gasteiger partial charge in [0.05, 0.1) is 7.05 Å². The predicted octanol–water partition coefficient (Wildman–Crippen LogP) is 2.28. The largest absolute Gasteiger partial charge is 0.313 e. The number of rotatable bonds is 6. The first-order valence-electron chi connectivity index (χ1n) is 6.48. The van der Waals surface area contributed by atoms with Crippen LogP contribution < -0.4 is 5.32 Å². The molecule has 2 rings (SSSR count). The van der Waals surface area contributed by atoms with Gasteiger partial charge in [0.25, 0.3) is 0 Å². The van der Waals surface area contributed by atoms with E-state index in [-0.39, 0.29) is 6.04 Å². The summed E-state index contributed by atoms with van der Waals surface area (Å²) in [6.45, 7) is 2.94. The van der Waals surface area contributed by atoms with Crippen molar-refractivity contribution in [2.45, 2.75) is 25.8 Å². The zero-order chi connectivity index (χ0) is 14.5. The number of hydrogen-bond donors (Lipinski definition) is 1. The molecule has 1 N–H and O–H groups in total. The Morgan fingerprint density at radius 2 is 2.10 bits per heavy atom. The highest BCUT2D eigenvalue weighted by molar-refractivity contribution is 6.35. The topological polar surface area (TPSA) is 55.6 Å². The van der Waals surface area contributed by atoms with Gasteiger partial charge >= 0.3 is 0 Å². The molecule has 1 heterocycles. The van der Waals surface area contributed by atoms with E-state index in [0.717, 1.165) is 24.4 Å². The zero-order valence-corrected chi connectivity index (χ0v) is 13.0. The fourth-order valence-corrected chi connectivity index (χ4v) is 2.57. The minimum atomic E-state index is 0.211. The van der Waals surface area contributed by atoms with Crippen molar-refractivity contribution in [1.29, 1.82) is 0 Å². The van der Waals surface area contributed by atoms with Crippen LogP contribution in [0.15, 0.2) is 18.2 Å².